The second-order valence-corrected chi connectivity index (χ2v) is 5.39. The lowest BCUT2D eigenvalue weighted by Crippen LogP contribution is -2.20. The normalized spacial score (nSPS) is 10.4. The van der Waals surface area contributed by atoms with Crippen LogP contribution in [0.1, 0.15) is 4.88 Å². The zero-order valence-electron chi connectivity index (χ0n) is 9.70. The zero-order chi connectivity index (χ0) is 12.1. The van der Waals surface area contributed by atoms with Crippen LogP contribution in [-0.4, -0.2) is 38.3 Å². The fraction of sp³-hybridized carbons (Fsp3) is 0.500. The van der Waals surface area contributed by atoms with Crippen molar-refractivity contribution in [3.8, 4) is 6.07 Å². The van der Waals surface area contributed by atoms with Crippen molar-refractivity contribution in [2.24, 2.45) is 0 Å². The SMILES string of the molecule is CSc1c(NCCN(C)C)sc(C#N)c1N. The molecule has 0 bridgehead atoms. The van der Waals surface area contributed by atoms with Crippen LogP contribution in [0.3, 0.4) is 0 Å². The maximum Gasteiger partial charge on any atom is 0.131 e. The van der Waals surface area contributed by atoms with Gasteiger partial charge in [-0.15, -0.1) is 23.1 Å². The van der Waals surface area contributed by atoms with Gasteiger partial charge < -0.3 is 16.0 Å². The van der Waals surface area contributed by atoms with E-state index in [1.807, 2.05) is 20.4 Å². The number of nitrogen functional groups attached to an aromatic ring is 1. The third kappa shape index (κ3) is 3.04. The number of likely N-dealkylation sites (N-methyl/N-ethyl adjacent to an activating group) is 1. The Bertz CT molecular complexity index is 392. The van der Waals surface area contributed by atoms with Gasteiger partial charge in [-0.2, -0.15) is 5.26 Å². The molecule has 0 aromatic carbocycles. The van der Waals surface area contributed by atoms with E-state index in [1.165, 1.54) is 11.3 Å². The number of nitrogens with zero attached hydrogens (tertiary/aromatic N) is 2. The fourth-order valence-corrected chi connectivity index (χ4v) is 3.08. The number of nitriles is 1. The van der Waals surface area contributed by atoms with E-state index in [-0.39, 0.29) is 0 Å². The molecule has 16 heavy (non-hydrogen) atoms. The molecule has 6 heteroatoms. The van der Waals surface area contributed by atoms with E-state index < -0.39 is 0 Å². The molecular formula is C10H16N4S2. The predicted octanol–water partition coefficient (Wildman–Crippen LogP) is 1.90. The molecule has 0 atom stereocenters. The minimum atomic E-state index is 0.594. The summed E-state index contributed by atoms with van der Waals surface area (Å²) in [6.45, 7) is 1.80. The van der Waals surface area contributed by atoms with E-state index in [0.29, 0.717) is 10.6 Å². The van der Waals surface area contributed by atoms with Crippen LogP contribution in [-0.2, 0) is 0 Å². The van der Waals surface area contributed by atoms with E-state index in [0.717, 1.165) is 23.0 Å². The molecule has 0 spiro atoms. The second kappa shape index (κ2) is 5.99. The number of anilines is 2. The molecule has 0 aliphatic heterocycles. The fourth-order valence-electron chi connectivity index (χ4n) is 1.22. The van der Waals surface area contributed by atoms with Crippen molar-refractivity contribution in [1.82, 2.24) is 4.90 Å². The number of thioether (sulfide) groups is 1. The van der Waals surface area contributed by atoms with Gasteiger partial charge in [0, 0.05) is 13.1 Å². The number of thiophene rings is 1. The number of hydrogen-bond donors (Lipinski definition) is 2. The summed E-state index contributed by atoms with van der Waals surface area (Å²) in [5.74, 6) is 0. The lowest BCUT2D eigenvalue weighted by atomic mass is 10.4. The van der Waals surface area contributed by atoms with Gasteiger partial charge in [-0.1, -0.05) is 0 Å². The van der Waals surface area contributed by atoms with Gasteiger partial charge in [0.25, 0.3) is 0 Å². The molecule has 0 saturated carbocycles. The van der Waals surface area contributed by atoms with Crippen molar-refractivity contribution in [3.63, 3.8) is 0 Å². The Labute approximate surface area is 104 Å². The average molecular weight is 256 g/mol. The van der Waals surface area contributed by atoms with Crippen LogP contribution >= 0.6 is 23.1 Å². The first-order valence-corrected chi connectivity index (χ1v) is 6.89. The highest BCUT2D eigenvalue weighted by Gasteiger charge is 2.14. The first-order valence-electron chi connectivity index (χ1n) is 4.85. The first-order chi connectivity index (χ1) is 7.60. The van der Waals surface area contributed by atoms with Crippen molar-refractivity contribution >= 4 is 33.8 Å². The second-order valence-electron chi connectivity index (χ2n) is 3.55. The lowest BCUT2D eigenvalue weighted by Gasteiger charge is -2.10. The predicted molar refractivity (Wildman–Crippen MR) is 72.3 cm³/mol. The molecule has 0 radical (unpaired) electrons. The van der Waals surface area contributed by atoms with Crippen LogP contribution in [0.4, 0.5) is 10.7 Å². The molecule has 0 saturated heterocycles. The summed E-state index contributed by atoms with van der Waals surface area (Å²) in [5.41, 5.74) is 6.48. The summed E-state index contributed by atoms with van der Waals surface area (Å²) >= 11 is 3.00. The molecule has 1 aromatic heterocycles. The number of rotatable bonds is 5. The van der Waals surface area contributed by atoms with Crippen LogP contribution in [0.5, 0.6) is 0 Å². The molecule has 0 fully saturated rings. The molecule has 0 aliphatic rings. The highest BCUT2D eigenvalue weighted by molar-refractivity contribution is 7.99. The minimum absolute atomic E-state index is 0.594. The maximum atomic E-state index is 8.90. The van der Waals surface area contributed by atoms with Crippen molar-refractivity contribution < 1.29 is 0 Å². The topological polar surface area (TPSA) is 65.1 Å². The number of nitrogens with two attached hydrogens (primary N) is 1. The molecule has 0 aliphatic carbocycles. The smallest absolute Gasteiger partial charge is 0.131 e. The highest BCUT2D eigenvalue weighted by atomic mass is 32.2. The van der Waals surface area contributed by atoms with Crippen LogP contribution < -0.4 is 11.1 Å². The third-order valence-corrected chi connectivity index (χ3v) is 4.08. The van der Waals surface area contributed by atoms with Gasteiger partial charge >= 0.3 is 0 Å². The van der Waals surface area contributed by atoms with Gasteiger partial charge in [0.05, 0.1) is 10.6 Å². The van der Waals surface area contributed by atoms with Gasteiger partial charge in [-0.3, -0.25) is 0 Å². The highest BCUT2D eigenvalue weighted by Crippen LogP contribution is 2.40. The van der Waals surface area contributed by atoms with Gasteiger partial charge in [-0.05, 0) is 20.4 Å². The van der Waals surface area contributed by atoms with Crippen molar-refractivity contribution in [2.75, 3.05) is 44.5 Å². The average Bonchev–Trinajstić information content (AvgIpc) is 2.54. The van der Waals surface area contributed by atoms with Gasteiger partial charge in [0.15, 0.2) is 0 Å². The standard InChI is InChI=1S/C10H16N4S2/c1-14(2)5-4-13-10-9(15-3)8(12)7(6-11)16-10/h13H,4-5,12H2,1-3H3. The summed E-state index contributed by atoms with van der Waals surface area (Å²) in [6.07, 6.45) is 1.97. The van der Waals surface area contributed by atoms with Gasteiger partial charge in [-0.25, -0.2) is 0 Å². The van der Waals surface area contributed by atoms with Gasteiger partial charge in [0.1, 0.15) is 15.9 Å². The number of nitrogens with one attached hydrogen (secondary N) is 1. The zero-order valence-corrected chi connectivity index (χ0v) is 11.3. The molecule has 1 rings (SSSR count). The van der Waals surface area contributed by atoms with Crippen LogP contribution in [0, 0.1) is 11.3 Å². The molecule has 0 unspecified atom stereocenters. The lowest BCUT2D eigenvalue weighted by molar-refractivity contribution is 0.425. The maximum absolute atomic E-state index is 8.90. The van der Waals surface area contributed by atoms with Crippen LogP contribution in [0.25, 0.3) is 0 Å². The van der Waals surface area contributed by atoms with E-state index in [9.17, 15) is 0 Å². The summed E-state index contributed by atoms with van der Waals surface area (Å²) in [5, 5.41) is 13.2. The largest absolute Gasteiger partial charge is 0.396 e. The Morgan fingerprint density at radius 3 is 2.75 bits per heavy atom. The van der Waals surface area contributed by atoms with E-state index in [1.54, 1.807) is 11.8 Å². The number of hydrogen-bond acceptors (Lipinski definition) is 6. The molecular weight excluding hydrogens is 240 g/mol. The van der Waals surface area contributed by atoms with Gasteiger partial charge in [0.2, 0.25) is 0 Å². The van der Waals surface area contributed by atoms with E-state index >= 15 is 0 Å². The Balaban J connectivity index is 2.76. The molecule has 4 nitrogen and oxygen atoms in total. The monoisotopic (exact) mass is 256 g/mol. The Morgan fingerprint density at radius 1 is 1.56 bits per heavy atom. The summed E-state index contributed by atoms with van der Waals surface area (Å²) in [6, 6.07) is 2.12. The molecule has 88 valence electrons. The Hall–Kier alpha value is -0.900. The Kier molecular flexibility index (Phi) is 4.93. The van der Waals surface area contributed by atoms with Crippen molar-refractivity contribution in [3.05, 3.63) is 4.88 Å². The van der Waals surface area contributed by atoms with Crippen LogP contribution in [0.2, 0.25) is 0 Å². The minimum Gasteiger partial charge on any atom is -0.396 e. The van der Waals surface area contributed by atoms with Crippen molar-refractivity contribution in [2.45, 2.75) is 4.90 Å². The van der Waals surface area contributed by atoms with E-state index in [2.05, 4.69) is 16.3 Å². The molecule has 1 heterocycles. The quantitative estimate of drug-likeness (QED) is 0.788. The van der Waals surface area contributed by atoms with Crippen molar-refractivity contribution in [1.29, 1.82) is 5.26 Å². The third-order valence-electron chi connectivity index (χ3n) is 2.05. The van der Waals surface area contributed by atoms with E-state index in [4.69, 9.17) is 11.0 Å². The van der Waals surface area contributed by atoms with Crippen LogP contribution in [0.15, 0.2) is 4.90 Å². The summed E-state index contributed by atoms with van der Waals surface area (Å²) in [7, 11) is 4.06. The molecule has 3 N–H and O–H groups in total. The molecule has 1 aromatic rings. The Morgan fingerprint density at radius 2 is 2.25 bits per heavy atom. The first kappa shape index (κ1) is 13.2. The summed E-state index contributed by atoms with van der Waals surface area (Å²) in [4.78, 5) is 3.69. The molecule has 0 amide bonds. The summed E-state index contributed by atoms with van der Waals surface area (Å²) < 4.78 is 0.